The molecule has 3 aromatic carbocycles. The van der Waals surface area contributed by atoms with Crippen molar-refractivity contribution >= 4 is 32.7 Å². The van der Waals surface area contributed by atoms with Crippen LogP contribution in [-0.2, 0) is 19.6 Å². The number of aryl methyl sites for hydroxylation is 1. The Morgan fingerprint density at radius 2 is 1.64 bits per heavy atom. The number of rotatable bonds is 5. The quantitative estimate of drug-likeness (QED) is 0.577. The largest absolute Gasteiger partial charge is 0.507 e. The fourth-order valence-electron chi connectivity index (χ4n) is 3.77. The van der Waals surface area contributed by atoms with Crippen LogP contribution >= 0.6 is 0 Å². The number of para-hydroxylation sites is 1. The minimum atomic E-state index is -3.69. The number of ether oxygens (including phenoxy) is 1. The van der Waals surface area contributed by atoms with Gasteiger partial charge in [0, 0.05) is 26.2 Å². The molecule has 0 radical (unpaired) electrons. The number of nitrogens with zero attached hydrogens (tertiary/aromatic N) is 2. The van der Waals surface area contributed by atoms with Crippen LogP contribution in [0.15, 0.2) is 65.6 Å². The number of hydrogen-bond donors (Lipinski definition) is 1. The first-order valence-corrected chi connectivity index (χ1v) is 11.9. The van der Waals surface area contributed by atoms with Gasteiger partial charge in [-0.25, -0.2) is 13.2 Å². The maximum Gasteiger partial charge on any atom is 0.342 e. The zero-order valence-corrected chi connectivity index (χ0v) is 18.9. The molecule has 1 saturated heterocycles. The van der Waals surface area contributed by atoms with Crippen LogP contribution < -0.4 is 0 Å². The third-order valence-electron chi connectivity index (χ3n) is 5.73. The average Bonchev–Trinajstić information content (AvgIpc) is 2.83. The fourth-order valence-corrected chi connectivity index (χ4v) is 5.23. The summed E-state index contributed by atoms with van der Waals surface area (Å²) in [7, 11) is -3.69. The SMILES string of the molecule is Cc1cccc(C(=O)OCC(=O)N2CCN(S(=O)(=O)c3ccc4ccccc4c3)CC2)c1O. The van der Waals surface area contributed by atoms with Crippen LogP contribution in [-0.4, -0.2) is 67.4 Å². The third kappa shape index (κ3) is 4.69. The van der Waals surface area contributed by atoms with Crippen molar-refractivity contribution in [1.82, 2.24) is 9.21 Å². The minimum absolute atomic E-state index is 0.00547. The number of carbonyl (C=O) groups excluding carboxylic acids is 2. The number of benzene rings is 3. The molecule has 0 aliphatic carbocycles. The van der Waals surface area contributed by atoms with E-state index in [1.807, 2.05) is 24.3 Å². The van der Waals surface area contributed by atoms with Gasteiger partial charge in [-0.1, -0.05) is 42.5 Å². The lowest BCUT2D eigenvalue weighted by Gasteiger charge is -2.33. The summed E-state index contributed by atoms with van der Waals surface area (Å²) < 4.78 is 32.6. The number of carbonyl (C=O) groups is 2. The second-order valence-electron chi connectivity index (χ2n) is 7.84. The standard InChI is InChI=1S/C24H24N2O6S/c1-17-5-4-8-21(23(17)28)24(29)32-16-22(27)25-11-13-26(14-12-25)33(30,31)20-10-9-18-6-2-3-7-19(18)15-20/h2-10,15,28H,11-14,16H2,1H3. The summed E-state index contributed by atoms with van der Waals surface area (Å²) in [5.74, 6) is -1.39. The Kier molecular flexibility index (Phi) is 6.35. The lowest BCUT2D eigenvalue weighted by Crippen LogP contribution is -2.51. The van der Waals surface area contributed by atoms with Gasteiger partial charge in [-0.15, -0.1) is 0 Å². The molecule has 3 aromatic rings. The van der Waals surface area contributed by atoms with E-state index >= 15 is 0 Å². The highest BCUT2D eigenvalue weighted by Gasteiger charge is 2.30. The summed E-state index contributed by atoms with van der Waals surface area (Å²) in [6.45, 7) is 1.85. The first-order valence-electron chi connectivity index (χ1n) is 10.5. The van der Waals surface area contributed by atoms with Crippen LogP contribution in [0.1, 0.15) is 15.9 Å². The molecule has 1 heterocycles. The Balaban J connectivity index is 1.35. The summed E-state index contributed by atoms with van der Waals surface area (Å²) in [5.41, 5.74) is 0.522. The van der Waals surface area contributed by atoms with E-state index in [1.165, 1.54) is 15.3 Å². The van der Waals surface area contributed by atoms with Crippen molar-refractivity contribution in [2.24, 2.45) is 0 Å². The molecule has 0 aromatic heterocycles. The molecule has 1 aliphatic rings. The van der Waals surface area contributed by atoms with Crippen LogP contribution in [0.25, 0.3) is 10.8 Å². The van der Waals surface area contributed by atoms with Gasteiger partial charge in [0.25, 0.3) is 5.91 Å². The van der Waals surface area contributed by atoms with E-state index in [-0.39, 0.29) is 42.4 Å². The summed E-state index contributed by atoms with van der Waals surface area (Å²) in [6, 6.07) is 17.3. The molecule has 33 heavy (non-hydrogen) atoms. The Hall–Kier alpha value is -3.43. The molecule has 1 amide bonds. The summed E-state index contributed by atoms with van der Waals surface area (Å²) in [4.78, 5) is 26.4. The number of aromatic hydroxyl groups is 1. The van der Waals surface area contributed by atoms with E-state index in [0.717, 1.165) is 10.8 Å². The fraction of sp³-hybridized carbons (Fsp3) is 0.250. The highest BCUT2D eigenvalue weighted by Crippen LogP contribution is 2.24. The number of phenolic OH excluding ortho intramolecular Hbond substituents is 1. The van der Waals surface area contributed by atoms with Gasteiger partial charge in [-0.3, -0.25) is 4.79 Å². The zero-order chi connectivity index (χ0) is 23.6. The highest BCUT2D eigenvalue weighted by molar-refractivity contribution is 7.89. The summed E-state index contributed by atoms with van der Waals surface area (Å²) in [6.07, 6.45) is 0. The van der Waals surface area contributed by atoms with Crippen molar-refractivity contribution in [3.63, 3.8) is 0 Å². The van der Waals surface area contributed by atoms with Crippen LogP contribution in [0.3, 0.4) is 0 Å². The second kappa shape index (κ2) is 9.21. The average molecular weight is 469 g/mol. The molecule has 9 heteroatoms. The topological polar surface area (TPSA) is 104 Å². The van der Waals surface area contributed by atoms with E-state index in [2.05, 4.69) is 0 Å². The summed E-state index contributed by atoms with van der Waals surface area (Å²) >= 11 is 0. The van der Waals surface area contributed by atoms with Gasteiger partial charge in [0.1, 0.15) is 11.3 Å². The normalized spacial score (nSPS) is 14.9. The van der Waals surface area contributed by atoms with Gasteiger partial charge < -0.3 is 14.7 Å². The van der Waals surface area contributed by atoms with Crippen molar-refractivity contribution < 1.29 is 27.9 Å². The molecule has 0 spiro atoms. The molecule has 0 atom stereocenters. The first kappa shape index (κ1) is 22.8. The van der Waals surface area contributed by atoms with E-state index < -0.39 is 28.5 Å². The molecule has 1 fully saturated rings. The number of phenols is 1. The number of esters is 1. The predicted octanol–water partition coefficient (Wildman–Crippen LogP) is 2.54. The summed E-state index contributed by atoms with van der Waals surface area (Å²) in [5, 5.41) is 11.8. The van der Waals surface area contributed by atoms with Crippen LogP contribution in [0, 0.1) is 6.92 Å². The number of amides is 1. The van der Waals surface area contributed by atoms with Gasteiger partial charge in [-0.2, -0.15) is 4.31 Å². The molecule has 1 aliphatic heterocycles. The Morgan fingerprint density at radius 3 is 2.36 bits per heavy atom. The number of sulfonamides is 1. The Morgan fingerprint density at radius 1 is 0.939 bits per heavy atom. The molecule has 0 unspecified atom stereocenters. The maximum atomic E-state index is 13.1. The van der Waals surface area contributed by atoms with Gasteiger partial charge in [0.05, 0.1) is 4.90 Å². The second-order valence-corrected chi connectivity index (χ2v) is 9.78. The minimum Gasteiger partial charge on any atom is -0.507 e. The molecular weight excluding hydrogens is 444 g/mol. The van der Waals surface area contributed by atoms with Gasteiger partial charge >= 0.3 is 5.97 Å². The lowest BCUT2D eigenvalue weighted by molar-refractivity contribution is -0.135. The first-order chi connectivity index (χ1) is 15.8. The molecular formula is C24H24N2O6S. The highest BCUT2D eigenvalue weighted by atomic mass is 32.2. The van der Waals surface area contributed by atoms with Gasteiger partial charge in [0.2, 0.25) is 10.0 Å². The van der Waals surface area contributed by atoms with Crippen LogP contribution in [0.2, 0.25) is 0 Å². The molecule has 8 nitrogen and oxygen atoms in total. The van der Waals surface area contributed by atoms with Crippen LogP contribution in [0.4, 0.5) is 0 Å². The van der Waals surface area contributed by atoms with Crippen molar-refractivity contribution in [2.75, 3.05) is 32.8 Å². The Bertz CT molecular complexity index is 1310. The van der Waals surface area contributed by atoms with Gasteiger partial charge in [0.15, 0.2) is 6.61 Å². The molecule has 172 valence electrons. The smallest absolute Gasteiger partial charge is 0.342 e. The van der Waals surface area contributed by atoms with E-state index in [1.54, 1.807) is 37.3 Å². The van der Waals surface area contributed by atoms with Gasteiger partial charge in [-0.05, 0) is 41.5 Å². The Labute approximate surface area is 192 Å². The van der Waals surface area contributed by atoms with Crippen LogP contribution in [0.5, 0.6) is 5.75 Å². The lowest BCUT2D eigenvalue weighted by atomic mass is 10.1. The van der Waals surface area contributed by atoms with Crippen molar-refractivity contribution in [2.45, 2.75) is 11.8 Å². The molecule has 0 saturated carbocycles. The zero-order valence-electron chi connectivity index (χ0n) is 18.1. The van der Waals surface area contributed by atoms with E-state index in [9.17, 15) is 23.1 Å². The monoisotopic (exact) mass is 468 g/mol. The van der Waals surface area contributed by atoms with E-state index in [0.29, 0.717) is 5.56 Å². The van der Waals surface area contributed by atoms with E-state index in [4.69, 9.17) is 4.74 Å². The predicted molar refractivity (Wildman–Crippen MR) is 122 cm³/mol. The maximum absolute atomic E-state index is 13.1. The third-order valence-corrected chi connectivity index (χ3v) is 7.63. The van der Waals surface area contributed by atoms with Crippen molar-refractivity contribution in [1.29, 1.82) is 0 Å². The number of hydrogen-bond acceptors (Lipinski definition) is 6. The molecule has 1 N–H and O–H groups in total. The van der Waals surface area contributed by atoms with Crippen molar-refractivity contribution in [3.8, 4) is 5.75 Å². The number of fused-ring (bicyclic) bond motifs is 1. The number of piperazine rings is 1. The molecule has 4 rings (SSSR count). The molecule has 0 bridgehead atoms. The van der Waals surface area contributed by atoms with Crippen molar-refractivity contribution in [3.05, 3.63) is 71.8 Å².